The molecule has 1 aliphatic carbocycles. The van der Waals surface area contributed by atoms with Gasteiger partial charge in [-0.25, -0.2) is 0 Å². The van der Waals surface area contributed by atoms with Crippen LogP contribution in [0.3, 0.4) is 0 Å². The minimum atomic E-state index is 0.0608. The average molecular weight is 214 g/mol. The molecule has 0 spiro atoms. The molecule has 0 heterocycles. The van der Waals surface area contributed by atoms with Crippen molar-refractivity contribution in [2.24, 2.45) is 0 Å². The first-order valence-electron chi connectivity index (χ1n) is 5.42. The van der Waals surface area contributed by atoms with Gasteiger partial charge in [0.2, 0.25) is 5.91 Å². The molecule has 1 rings (SSSR count). The zero-order chi connectivity index (χ0) is 11.5. The van der Waals surface area contributed by atoms with Crippen LogP contribution in [0.2, 0.25) is 0 Å². The van der Waals surface area contributed by atoms with Crippen molar-refractivity contribution in [3.8, 4) is 0 Å². The van der Waals surface area contributed by atoms with E-state index >= 15 is 0 Å². The van der Waals surface area contributed by atoms with E-state index in [1.54, 1.807) is 12.0 Å². The second-order valence-corrected chi connectivity index (χ2v) is 4.66. The van der Waals surface area contributed by atoms with Crippen molar-refractivity contribution in [3.63, 3.8) is 0 Å². The molecule has 1 aliphatic rings. The Kier molecular flexibility index (Phi) is 4.11. The van der Waals surface area contributed by atoms with E-state index in [1.807, 2.05) is 7.05 Å². The normalized spacial score (nSPS) is 18.7. The van der Waals surface area contributed by atoms with Crippen LogP contribution in [0, 0.1) is 0 Å². The van der Waals surface area contributed by atoms with Gasteiger partial charge >= 0.3 is 0 Å². The summed E-state index contributed by atoms with van der Waals surface area (Å²) in [4.78, 5) is 15.6. The quantitative estimate of drug-likeness (QED) is 0.671. The molecular formula is C11H22N2O2. The summed E-state index contributed by atoms with van der Waals surface area (Å²) < 4.78 is 4.85. The Morgan fingerprint density at radius 1 is 1.33 bits per heavy atom. The molecule has 0 aromatic rings. The number of amides is 1. The third kappa shape index (κ3) is 2.69. The molecule has 0 aromatic carbocycles. The van der Waals surface area contributed by atoms with Crippen molar-refractivity contribution in [3.05, 3.63) is 0 Å². The van der Waals surface area contributed by atoms with Gasteiger partial charge in [0, 0.05) is 26.2 Å². The highest BCUT2D eigenvalue weighted by Crippen LogP contribution is 2.36. The first-order chi connectivity index (χ1) is 7.02. The highest BCUT2D eigenvalue weighted by molar-refractivity contribution is 5.77. The summed E-state index contributed by atoms with van der Waals surface area (Å²) in [5.41, 5.74) is 0.206. The average Bonchev–Trinajstić information content (AvgIpc) is 2.10. The lowest BCUT2D eigenvalue weighted by Gasteiger charge is -2.49. The number of carbonyl (C=O) groups excluding carboxylic acids is 1. The van der Waals surface area contributed by atoms with Crippen molar-refractivity contribution < 1.29 is 9.53 Å². The Hall–Kier alpha value is -0.610. The summed E-state index contributed by atoms with van der Waals surface area (Å²) in [5.74, 6) is 0.0608. The molecule has 0 atom stereocenters. The van der Waals surface area contributed by atoms with Crippen molar-refractivity contribution in [2.45, 2.75) is 24.8 Å². The molecular weight excluding hydrogens is 192 g/mol. The van der Waals surface area contributed by atoms with Gasteiger partial charge in [0.05, 0.1) is 0 Å². The number of ether oxygens (including phenoxy) is 1. The third-order valence-electron chi connectivity index (χ3n) is 3.46. The van der Waals surface area contributed by atoms with Crippen molar-refractivity contribution in [1.29, 1.82) is 0 Å². The lowest BCUT2D eigenvalue weighted by atomic mass is 9.75. The smallest absolute Gasteiger partial charge is 0.248 e. The molecule has 0 radical (unpaired) electrons. The molecule has 1 amide bonds. The largest absolute Gasteiger partial charge is 0.375 e. The summed E-state index contributed by atoms with van der Waals surface area (Å²) in [6.07, 6.45) is 3.64. The monoisotopic (exact) mass is 214 g/mol. The molecule has 0 aliphatic heterocycles. The number of carbonyl (C=O) groups is 1. The number of likely N-dealkylation sites (N-methyl/N-ethyl adjacent to an activating group) is 2. The fourth-order valence-electron chi connectivity index (χ4n) is 2.09. The maximum atomic E-state index is 11.6. The van der Waals surface area contributed by atoms with Gasteiger partial charge in [-0.3, -0.25) is 4.79 Å². The van der Waals surface area contributed by atoms with Crippen molar-refractivity contribution >= 4 is 5.91 Å². The van der Waals surface area contributed by atoms with Crippen LogP contribution in [0.5, 0.6) is 0 Å². The predicted molar refractivity (Wildman–Crippen MR) is 59.8 cm³/mol. The number of hydrogen-bond donors (Lipinski definition) is 0. The van der Waals surface area contributed by atoms with Crippen molar-refractivity contribution in [1.82, 2.24) is 9.80 Å². The molecule has 0 saturated heterocycles. The van der Waals surface area contributed by atoms with Crippen LogP contribution < -0.4 is 0 Å². The van der Waals surface area contributed by atoms with Gasteiger partial charge in [-0.15, -0.1) is 0 Å². The van der Waals surface area contributed by atoms with Crippen LogP contribution in [0.4, 0.5) is 0 Å². The van der Waals surface area contributed by atoms with E-state index in [9.17, 15) is 4.79 Å². The van der Waals surface area contributed by atoms with E-state index in [2.05, 4.69) is 19.0 Å². The van der Waals surface area contributed by atoms with Crippen LogP contribution in [-0.4, -0.2) is 62.7 Å². The Morgan fingerprint density at radius 2 is 1.93 bits per heavy atom. The van der Waals surface area contributed by atoms with E-state index in [0.717, 1.165) is 6.54 Å². The lowest BCUT2D eigenvalue weighted by molar-refractivity contribution is -0.136. The van der Waals surface area contributed by atoms with Gasteiger partial charge in [0.15, 0.2) is 0 Å². The maximum Gasteiger partial charge on any atom is 0.248 e. The summed E-state index contributed by atoms with van der Waals surface area (Å²) >= 11 is 0. The predicted octanol–water partition coefficient (Wildman–Crippen LogP) is 0.575. The van der Waals surface area contributed by atoms with Crippen LogP contribution in [0.15, 0.2) is 0 Å². The van der Waals surface area contributed by atoms with E-state index in [0.29, 0.717) is 0 Å². The number of methoxy groups -OCH3 is 1. The first kappa shape index (κ1) is 12.5. The second-order valence-electron chi connectivity index (χ2n) is 4.66. The van der Waals surface area contributed by atoms with Crippen LogP contribution in [0.25, 0.3) is 0 Å². The summed E-state index contributed by atoms with van der Waals surface area (Å²) in [5, 5.41) is 0. The van der Waals surface area contributed by atoms with Gasteiger partial charge < -0.3 is 14.5 Å². The Morgan fingerprint density at radius 3 is 2.27 bits per heavy atom. The van der Waals surface area contributed by atoms with E-state index in [-0.39, 0.29) is 18.1 Å². The lowest BCUT2D eigenvalue weighted by Crippen LogP contribution is -2.57. The molecule has 1 saturated carbocycles. The molecule has 4 heteroatoms. The van der Waals surface area contributed by atoms with E-state index < -0.39 is 0 Å². The second kappa shape index (κ2) is 4.94. The maximum absolute atomic E-state index is 11.6. The number of rotatable bonds is 5. The Labute approximate surface area is 92.2 Å². The minimum absolute atomic E-state index is 0.0608. The molecule has 0 unspecified atom stereocenters. The first-order valence-corrected chi connectivity index (χ1v) is 5.42. The highest BCUT2D eigenvalue weighted by atomic mass is 16.5. The zero-order valence-corrected chi connectivity index (χ0v) is 10.2. The molecule has 15 heavy (non-hydrogen) atoms. The SMILES string of the molecule is COCC(=O)N(C)CC1(N(C)C)CCC1. The standard InChI is InChI=1S/C11H22N2O2/c1-12(2)11(6-5-7-11)9-13(3)10(14)8-15-4/h5-9H2,1-4H3. The third-order valence-corrected chi connectivity index (χ3v) is 3.46. The van der Waals surface area contributed by atoms with Crippen LogP contribution in [-0.2, 0) is 9.53 Å². The van der Waals surface area contributed by atoms with Crippen molar-refractivity contribution in [2.75, 3.05) is 41.4 Å². The Bertz CT molecular complexity index is 225. The molecule has 4 nitrogen and oxygen atoms in total. The molecule has 1 fully saturated rings. The van der Waals surface area contributed by atoms with Crippen LogP contribution in [0.1, 0.15) is 19.3 Å². The number of hydrogen-bond acceptors (Lipinski definition) is 3. The molecule has 0 bridgehead atoms. The summed E-state index contributed by atoms with van der Waals surface area (Å²) in [7, 11) is 7.59. The topological polar surface area (TPSA) is 32.8 Å². The van der Waals surface area contributed by atoms with Gasteiger partial charge in [-0.2, -0.15) is 0 Å². The van der Waals surface area contributed by atoms with Gasteiger partial charge in [-0.05, 0) is 33.4 Å². The molecule has 0 N–H and O–H groups in total. The van der Waals surface area contributed by atoms with E-state index in [1.165, 1.54) is 19.3 Å². The van der Waals surface area contributed by atoms with Crippen LogP contribution >= 0.6 is 0 Å². The fourth-order valence-corrected chi connectivity index (χ4v) is 2.09. The summed E-state index contributed by atoms with van der Waals surface area (Å²) in [6.45, 7) is 0.988. The highest BCUT2D eigenvalue weighted by Gasteiger charge is 2.40. The Balaban J connectivity index is 2.48. The minimum Gasteiger partial charge on any atom is -0.375 e. The fraction of sp³-hybridized carbons (Fsp3) is 0.909. The number of nitrogens with zero attached hydrogens (tertiary/aromatic N) is 2. The molecule has 88 valence electrons. The summed E-state index contributed by atoms with van der Waals surface area (Å²) in [6, 6.07) is 0. The van der Waals surface area contributed by atoms with Gasteiger partial charge in [0.25, 0.3) is 0 Å². The molecule has 0 aromatic heterocycles. The van der Waals surface area contributed by atoms with Gasteiger partial charge in [-0.1, -0.05) is 0 Å². The van der Waals surface area contributed by atoms with E-state index in [4.69, 9.17) is 4.74 Å². The van der Waals surface area contributed by atoms with Gasteiger partial charge in [0.1, 0.15) is 6.61 Å². The zero-order valence-electron chi connectivity index (χ0n) is 10.2.